The highest BCUT2D eigenvalue weighted by Gasteiger charge is 2.33. The molecular weight excluding hydrogens is 545 g/mol. The second-order valence-corrected chi connectivity index (χ2v) is 12.0. The molecule has 0 radical (unpaired) electrons. The lowest BCUT2D eigenvalue weighted by Crippen LogP contribution is -2.52. The molecule has 2 amide bonds. The van der Waals surface area contributed by atoms with Gasteiger partial charge in [0.25, 0.3) is 10.0 Å². The van der Waals surface area contributed by atoms with Gasteiger partial charge in [-0.25, -0.2) is 8.42 Å². The maximum Gasteiger partial charge on any atom is 0.264 e. The van der Waals surface area contributed by atoms with Crippen LogP contribution in [0.1, 0.15) is 31.9 Å². The van der Waals surface area contributed by atoms with Gasteiger partial charge < -0.3 is 10.2 Å². The first-order valence-electron chi connectivity index (χ1n) is 12.1. The van der Waals surface area contributed by atoms with Crippen LogP contribution >= 0.6 is 23.2 Å². The Labute approximate surface area is 234 Å². The lowest BCUT2D eigenvalue weighted by molar-refractivity contribution is -0.139. The third kappa shape index (κ3) is 7.28. The Morgan fingerprint density at radius 3 is 2.08 bits per heavy atom. The smallest absolute Gasteiger partial charge is 0.264 e. The van der Waals surface area contributed by atoms with Crippen LogP contribution in [-0.4, -0.2) is 43.8 Å². The topological polar surface area (TPSA) is 86.8 Å². The molecule has 0 fully saturated rings. The van der Waals surface area contributed by atoms with E-state index < -0.39 is 28.5 Å². The predicted octanol–water partition coefficient (Wildman–Crippen LogP) is 5.44. The molecule has 0 saturated heterocycles. The second kappa shape index (κ2) is 12.7. The van der Waals surface area contributed by atoms with Crippen LogP contribution in [0, 0.1) is 6.92 Å². The van der Waals surface area contributed by atoms with Gasteiger partial charge in [-0.3, -0.25) is 13.9 Å². The Kier molecular flexibility index (Phi) is 9.82. The van der Waals surface area contributed by atoms with E-state index in [9.17, 15) is 18.0 Å². The van der Waals surface area contributed by atoms with Gasteiger partial charge in [-0.05, 0) is 75.7 Å². The summed E-state index contributed by atoms with van der Waals surface area (Å²) in [5.41, 5.74) is 1.88. The van der Waals surface area contributed by atoms with Crippen molar-refractivity contribution in [3.8, 4) is 0 Å². The summed E-state index contributed by atoms with van der Waals surface area (Å²) < 4.78 is 28.6. The molecule has 1 N–H and O–H groups in total. The molecule has 0 aromatic heterocycles. The molecule has 38 heavy (non-hydrogen) atoms. The minimum atomic E-state index is -4.16. The molecule has 3 aromatic rings. The molecule has 7 nitrogen and oxygen atoms in total. The number of hydrogen-bond acceptors (Lipinski definition) is 4. The molecule has 10 heteroatoms. The minimum Gasteiger partial charge on any atom is -0.352 e. The lowest BCUT2D eigenvalue weighted by atomic mass is 10.1. The van der Waals surface area contributed by atoms with E-state index in [1.807, 2.05) is 20.8 Å². The average molecular weight is 577 g/mol. The minimum absolute atomic E-state index is 0.0153. The number of amides is 2. The predicted molar refractivity (Wildman–Crippen MR) is 152 cm³/mol. The number of nitrogens with zero attached hydrogens (tertiary/aromatic N) is 2. The average Bonchev–Trinajstić information content (AvgIpc) is 2.86. The number of halogens is 2. The van der Waals surface area contributed by atoms with Crippen LogP contribution in [0.5, 0.6) is 0 Å². The Morgan fingerprint density at radius 1 is 0.895 bits per heavy atom. The maximum atomic E-state index is 13.8. The summed E-state index contributed by atoms with van der Waals surface area (Å²) in [5, 5.41) is 3.64. The summed E-state index contributed by atoms with van der Waals surface area (Å²) in [5.74, 6) is -0.919. The number of sulfonamides is 1. The Balaban J connectivity index is 2.03. The Bertz CT molecular complexity index is 1380. The number of rotatable bonds is 10. The summed E-state index contributed by atoms with van der Waals surface area (Å²) in [7, 11) is -4.16. The van der Waals surface area contributed by atoms with Gasteiger partial charge in [0.2, 0.25) is 11.8 Å². The Hall–Kier alpha value is -3.07. The number of benzene rings is 3. The standard InChI is InChI=1S/C28H31Cl2N3O4S/c1-19(2)31-28(35)21(4)32(17-22-7-5-6-8-26(22)30)27(34)18-33(24-13-9-20(3)10-14-24)38(36,37)25-15-11-23(29)12-16-25/h5-16,19,21H,17-18H2,1-4H3,(H,31,35)/t21-/m0/s1. The van der Waals surface area contributed by atoms with Gasteiger partial charge in [-0.2, -0.15) is 0 Å². The summed E-state index contributed by atoms with van der Waals surface area (Å²) in [6.07, 6.45) is 0. The Morgan fingerprint density at radius 2 is 1.50 bits per heavy atom. The van der Waals surface area contributed by atoms with Crippen LogP contribution in [0.4, 0.5) is 5.69 Å². The summed E-state index contributed by atoms with van der Waals surface area (Å²) in [6, 6.07) is 18.5. The number of aryl methyl sites for hydroxylation is 1. The van der Waals surface area contributed by atoms with Crippen LogP contribution in [0.25, 0.3) is 0 Å². The highest BCUT2D eigenvalue weighted by Crippen LogP contribution is 2.26. The van der Waals surface area contributed by atoms with Crippen molar-refractivity contribution in [2.45, 2.75) is 51.2 Å². The van der Waals surface area contributed by atoms with Crippen molar-refractivity contribution in [1.29, 1.82) is 0 Å². The largest absolute Gasteiger partial charge is 0.352 e. The molecule has 0 aliphatic carbocycles. The molecular formula is C28H31Cl2N3O4S. The number of anilines is 1. The van der Waals surface area contributed by atoms with Crippen molar-refractivity contribution in [3.63, 3.8) is 0 Å². The molecule has 3 rings (SSSR count). The molecule has 0 spiro atoms. The zero-order valence-corrected chi connectivity index (χ0v) is 24.0. The molecule has 0 saturated carbocycles. The summed E-state index contributed by atoms with van der Waals surface area (Å²) in [6.45, 7) is 6.63. The molecule has 0 aliphatic rings. The van der Waals surface area contributed by atoms with Crippen LogP contribution in [-0.2, 0) is 26.2 Å². The molecule has 3 aromatic carbocycles. The highest BCUT2D eigenvalue weighted by atomic mass is 35.5. The molecule has 0 aliphatic heterocycles. The third-order valence-electron chi connectivity index (χ3n) is 5.90. The molecule has 202 valence electrons. The van der Waals surface area contributed by atoms with E-state index in [1.54, 1.807) is 55.5 Å². The van der Waals surface area contributed by atoms with Gasteiger partial charge in [0, 0.05) is 22.6 Å². The molecule has 1 atom stereocenters. The number of nitrogens with one attached hydrogen (secondary N) is 1. The van der Waals surface area contributed by atoms with E-state index in [1.165, 1.54) is 29.2 Å². The zero-order chi connectivity index (χ0) is 28.0. The first-order valence-corrected chi connectivity index (χ1v) is 14.3. The second-order valence-electron chi connectivity index (χ2n) is 9.25. The van der Waals surface area contributed by atoms with E-state index in [4.69, 9.17) is 23.2 Å². The van der Waals surface area contributed by atoms with Crippen molar-refractivity contribution in [1.82, 2.24) is 10.2 Å². The van der Waals surface area contributed by atoms with Gasteiger partial charge >= 0.3 is 0 Å². The first kappa shape index (κ1) is 29.5. The van der Waals surface area contributed by atoms with E-state index in [-0.39, 0.29) is 23.4 Å². The molecule has 0 bridgehead atoms. The summed E-state index contributed by atoms with van der Waals surface area (Å²) >= 11 is 12.3. The van der Waals surface area contributed by atoms with Crippen molar-refractivity contribution in [3.05, 3.63) is 94.0 Å². The maximum absolute atomic E-state index is 13.8. The van der Waals surface area contributed by atoms with Crippen LogP contribution in [0.2, 0.25) is 10.0 Å². The van der Waals surface area contributed by atoms with Gasteiger partial charge in [-0.1, -0.05) is 59.1 Å². The van der Waals surface area contributed by atoms with Crippen LogP contribution < -0.4 is 9.62 Å². The van der Waals surface area contributed by atoms with E-state index in [0.29, 0.717) is 21.3 Å². The summed E-state index contributed by atoms with van der Waals surface area (Å²) in [4.78, 5) is 28.1. The van der Waals surface area contributed by atoms with Crippen molar-refractivity contribution in [2.24, 2.45) is 0 Å². The lowest BCUT2D eigenvalue weighted by Gasteiger charge is -2.32. The van der Waals surface area contributed by atoms with E-state index in [0.717, 1.165) is 9.87 Å². The normalized spacial score (nSPS) is 12.2. The van der Waals surface area contributed by atoms with Gasteiger partial charge in [0.1, 0.15) is 12.6 Å². The van der Waals surface area contributed by atoms with Crippen LogP contribution in [0.15, 0.2) is 77.7 Å². The molecule has 0 unspecified atom stereocenters. The van der Waals surface area contributed by atoms with Gasteiger partial charge in [0.05, 0.1) is 10.6 Å². The quantitative estimate of drug-likeness (QED) is 0.348. The van der Waals surface area contributed by atoms with Gasteiger partial charge in [-0.15, -0.1) is 0 Å². The van der Waals surface area contributed by atoms with Crippen molar-refractivity contribution < 1.29 is 18.0 Å². The zero-order valence-electron chi connectivity index (χ0n) is 21.7. The third-order valence-corrected chi connectivity index (χ3v) is 8.31. The molecule has 0 heterocycles. The van der Waals surface area contributed by atoms with E-state index >= 15 is 0 Å². The fourth-order valence-corrected chi connectivity index (χ4v) is 5.51. The van der Waals surface area contributed by atoms with Gasteiger partial charge in [0.15, 0.2) is 0 Å². The fraction of sp³-hybridized carbons (Fsp3) is 0.286. The SMILES string of the molecule is Cc1ccc(N(CC(=O)N(Cc2ccccc2Cl)[C@@H](C)C(=O)NC(C)C)S(=O)(=O)c2ccc(Cl)cc2)cc1. The van der Waals surface area contributed by atoms with Crippen molar-refractivity contribution in [2.75, 3.05) is 10.8 Å². The highest BCUT2D eigenvalue weighted by molar-refractivity contribution is 7.92. The number of carbonyl (C=O) groups is 2. The number of hydrogen-bond donors (Lipinski definition) is 1. The fourth-order valence-electron chi connectivity index (χ4n) is 3.77. The van der Waals surface area contributed by atoms with E-state index in [2.05, 4.69) is 5.32 Å². The van der Waals surface area contributed by atoms with Crippen molar-refractivity contribution >= 4 is 50.7 Å². The first-order chi connectivity index (χ1) is 17.9. The monoisotopic (exact) mass is 575 g/mol. The van der Waals surface area contributed by atoms with Crippen LogP contribution in [0.3, 0.4) is 0 Å². The number of carbonyl (C=O) groups excluding carboxylic acids is 2.